The Morgan fingerprint density at radius 3 is 1.96 bits per heavy atom. The Balaban J connectivity index is 1.66. The number of ether oxygens (including phenoxy) is 1. The fourth-order valence-electron chi connectivity index (χ4n) is 5.08. The molecule has 0 bridgehead atoms. The van der Waals surface area contributed by atoms with Gasteiger partial charge in [0.2, 0.25) is 21.8 Å². The van der Waals surface area contributed by atoms with Gasteiger partial charge in [0.25, 0.3) is 0 Å². The van der Waals surface area contributed by atoms with E-state index in [9.17, 15) is 18.0 Å². The molecule has 242 valence electrons. The highest BCUT2D eigenvalue weighted by molar-refractivity contribution is 7.92. The first-order chi connectivity index (χ1) is 21.8. The summed E-state index contributed by atoms with van der Waals surface area (Å²) in [5.74, 6) is -0.250. The largest absolute Gasteiger partial charge is 0.489 e. The molecular formula is C37H43N3O5S. The first-order valence-electron chi connectivity index (χ1n) is 15.2. The third kappa shape index (κ3) is 10.2. The average molecular weight is 642 g/mol. The van der Waals surface area contributed by atoms with E-state index in [2.05, 4.69) is 5.32 Å². The van der Waals surface area contributed by atoms with Crippen molar-refractivity contribution in [1.82, 2.24) is 10.2 Å². The predicted octanol–water partition coefficient (Wildman–Crippen LogP) is 5.89. The van der Waals surface area contributed by atoms with Crippen LogP contribution in [-0.4, -0.2) is 49.5 Å². The van der Waals surface area contributed by atoms with Crippen LogP contribution in [0.1, 0.15) is 43.0 Å². The molecule has 0 heterocycles. The number of anilines is 1. The van der Waals surface area contributed by atoms with Crippen LogP contribution >= 0.6 is 0 Å². The molecule has 4 aromatic rings. The quantitative estimate of drug-likeness (QED) is 0.196. The van der Waals surface area contributed by atoms with Gasteiger partial charge in [-0.25, -0.2) is 8.42 Å². The highest BCUT2D eigenvalue weighted by Crippen LogP contribution is 2.24. The minimum Gasteiger partial charge on any atom is -0.489 e. The summed E-state index contributed by atoms with van der Waals surface area (Å²) in [5, 5.41) is 3.04. The first kappa shape index (κ1) is 34.2. The van der Waals surface area contributed by atoms with Crippen molar-refractivity contribution in [2.45, 2.75) is 58.8 Å². The molecule has 4 rings (SSSR count). The van der Waals surface area contributed by atoms with Crippen LogP contribution in [0.25, 0.3) is 0 Å². The number of carbonyl (C=O) groups excluding carboxylic acids is 2. The maximum Gasteiger partial charge on any atom is 0.244 e. The maximum absolute atomic E-state index is 14.3. The number of nitrogens with one attached hydrogen (secondary N) is 1. The molecule has 0 unspecified atom stereocenters. The fraction of sp³-hybridized carbons (Fsp3) is 0.297. The van der Waals surface area contributed by atoms with Crippen LogP contribution < -0.4 is 14.4 Å². The zero-order chi connectivity index (χ0) is 33.3. The molecular weight excluding hydrogens is 598 g/mol. The van der Waals surface area contributed by atoms with E-state index in [1.165, 1.54) is 4.90 Å². The van der Waals surface area contributed by atoms with Crippen LogP contribution in [0, 0.1) is 6.92 Å². The second-order valence-corrected chi connectivity index (χ2v) is 14.4. The molecule has 9 heteroatoms. The zero-order valence-corrected chi connectivity index (χ0v) is 28.0. The second kappa shape index (κ2) is 15.1. The Bertz CT molecular complexity index is 1700. The number of sulfonamides is 1. The van der Waals surface area contributed by atoms with Crippen LogP contribution in [0.2, 0.25) is 0 Å². The van der Waals surface area contributed by atoms with Gasteiger partial charge in [-0.15, -0.1) is 0 Å². The third-order valence-electron chi connectivity index (χ3n) is 7.26. The van der Waals surface area contributed by atoms with Crippen LogP contribution in [0.4, 0.5) is 5.69 Å². The molecule has 46 heavy (non-hydrogen) atoms. The van der Waals surface area contributed by atoms with Gasteiger partial charge >= 0.3 is 0 Å². The minimum absolute atomic E-state index is 0.124. The lowest BCUT2D eigenvalue weighted by Crippen LogP contribution is -2.56. The van der Waals surface area contributed by atoms with Gasteiger partial charge < -0.3 is 15.0 Å². The first-order valence-corrected chi connectivity index (χ1v) is 17.1. The smallest absolute Gasteiger partial charge is 0.244 e. The second-order valence-electron chi connectivity index (χ2n) is 12.5. The van der Waals surface area contributed by atoms with Crippen molar-refractivity contribution in [2.24, 2.45) is 0 Å². The van der Waals surface area contributed by atoms with Gasteiger partial charge in [0, 0.05) is 18.5 Å². The number of nitrogens with zero attached hydrogens (tertiary/aromatic N) is 2. The van der Waals surface area contributed by atoms with Crippen molar-refractivity contribution in [3.05, 3.63) is 131 Å². The lowest BCUT2D eigenvalue weighted by molar-refractivity contribution is -0.140. The van der Waals surface area contributed by atoms with E-state index in [0.717, 1.165) is 32.8 Å². The molecule has 0 aliphatic rings. The van der Waals surface area contributed by atoms with Crippen LogP contribution in [0.3, 0.4) is 0 Å². The van der Waals surface area contributed by atoms with Crippen molar-refractivity contribution >= 4 is 27.5 Å². The van der Waals surface area contributed by atoms with E-state index in [4.69, 9.17) is 4.74 Å². The van der Waals surface area contributed by atoms with E-state index in [1.54, 1.807) is 24.3 Å². The summed E-state index contributed by atoms with van der Waals surface area (Å²) in [4.78, 5) is 29.7. The van der Waals surface area contributed by atoms with Crippen LogP contribution in [0.5, 0.6) is 5.75 Å². The number of hydrogen-bond acceptors (Lipinski definition) is 5. The summed E-state index contributed by atoms with van der Waals surface area (Å²) in [6.07, 6.45) is 1.32. The standard InChI is InChI=1S/C37H43N3O5S/c1-28-13-12-18-31(23-28)25-39(34(36(42)38-37(2,3)4)24-29-14-8-6-9-15-29)35(41)26-40(46(5,43)44)32-19-21-33(22-20-32)45-27-30-16-10-7-11-17-30/h6-23,34H,24-27H2,1-5H3,(H,38,42)/t34-/m1/s1. The summed E-state index contributed by atoms with van der Waals surface area (Å²) in [5.41, 5.74) is 3.50. The molecule has 0 fully saturated rings. The Kier molecular flexibility index (Phi) is 11.2. The van der Waals surface area contributed by atoms with E-state index in [-0.39, 0.29) is 18.9 Å². The highest BCUT2D eigenvalue weighted by atomic mass is 32.2. The number of hydrogen-bond donors (Lipinski definition) is 1. The van der Waals surface area contributed by atoms with Gasteiger partial charge in [0.1, 0.15) is 24.9 Å². The van der Waals surface area contributed by atoms with Crippen molar-refractivity contribution in [3.63, 3.8) is 0 Å². The molecule has 1 atom stereocenters. The minimum atomic E-state index is -3.88. The summed E-state index contributed by atoms with van der Waals surface area (Å²) in [6.45, 7) is 7.62. The van der Waals surface area contributed by atoms with Gasteiger partial charge in [-0.1, -0.05) is 90.5 Å². The molecule has 0 saturated carbocycles. The Labute approximate surface area is 273 Å². The number of aryl methyl sites for hydroxylation is 1. The van der Waals surface area contributed by atoms with Crippen molar-refractivity contribution in [2.75, 3.05) is 17.1 Å². The van der Waals surface area contributed by atoms with Gasteiger partial charge in [0.05, 0.1) is 11.9 Å². The summed E-state index contributed by atoms with van der Waals surface area (Å²) in [7, 11) is -3.88. The lowest BCUT2D eigenvalue weighted by Gasteiger charge is -2.35. The number of amides is 2. The van der Waals surface area contributed by atoms with E-state index in [0.29, 0.717) is 18.0 Å². The molecule has 0 radical (unpaired) electrons. The van der Waals surface area contributed by atoms with E-state index >= 15 is 0 Å². The monoisotopic (exact) mass is 641 g/mol. The fourth-order valence-corrected chi connectivity index (χ4v) is 5.93. The van der Waals surface area contributed by atoms with Gasteiger partial charge in [0.15, 0.2) is 0 Å². The molecule has 4 aromatic carbocycles. The molecule has 0 spiro atoms. The molecule has 0 aliphatic carbocycles. The molecule has 8 nitrogen and oxygen atoms in total. The zero-order valence-electron chi connectivity index (χ0n) is 27.1. The average Bonchev–Trinajstić information content (AvgIpc) is 3.00. The van der Waals surface area contributed by atoms with Crippen LogP contribution in [-0.2, 0) is 39.2 Å². The number of benzene rings is 4. The Morgan fingerprint density at radius 1 is 0.804 bits per heavy atom. The lowest BCUT2D eigenvalue weighted by atomic mass is 10.0. The number of rotatable bonds is 13. The molecule has 1 N–H and O–H groups in total. The maximum atomic E-state index is 14.3. The summed E-state index contributed by atoms with van der Waals surface area (Å²) in [6, 6.07) is 32.6. The SMILES string of the molecule is Cc1cccc(CN(C(=O)CN(c2ccc(OCc3ccccc3)cc2)S(C)(=O)=O)[C@H](Cc2ccccc2)C(=O)NC(C)(C)C)c1. The topological polar surface area (TPSA) is 96.0 Å². The molecule has 0 saturated heterocycles. The van der Waals surface area contributed by atoms with Crippen molar-refractivity contribution < 1.29 is 22.7 Å². The van der Waals surface area contributed by atoms with Crippen molar-refractivity contribution in [3.8, 4) is 5.75 Å². The molecule has 0 aromatic heterocycles. The summed E-state index contributed by atoms with van der Waals surface area (Å²) < 4.78 is 33.2. The van der Waals surface area contributed by atoms with Crippen LogP contribution in [0.15, 0.2) is 109 Å². The van der Waals surface area contributed by atoms with E-state index < -0.39 is 34.1 Å². The Hall–Kier alpha value is -4.63. The van der Waals surface area contributed by atoms with Crippen molar-refractivity contribution in [1.29, 1.82) is 0 Å². The normalized spacial score (nSPS) is 12.2. The molecule has 2 amide bonds. The molecule has 0 aliphatic heterocycles. The number of carbonyl (C=O) groups is 2. The van der Waals surface area contributed by atoms with Gasteiger partial charge in [-0.2, -0.15) is 0 Å². The summed E-state index contributed by atoms with van der Waals surface area (Å²) >= 11 is 0. The predicted molar refractivity (Wildman–Crippen MR) is 183 cm³/mol. The Morgan fingerprint density at radius 2 is 1.39 bits per heavy atom. The van der Waals surface area contributed by atoms with E-state index in [1.807, 2.05) is 113 Å². The highest BCUT2D eigenvalue weighted by Gasteiger charge is 2.34. The third-order valence-corrected chi connectivity index (χ3v) is 8.40. The van der Waals surface area contributed by atoms with Gasteiger partial charge in [-0.3, -0.25) is 13.9 Å². The van der Waals surface area contributed by atoms with Gasteiger partial charge in [-0.05, 0) is 68.7 Å².